The van der Waals surface area contributed by atoms with Crippen LogP contribution in [-0.2, 0) is 4.74 Å². The number of aliphatic hydroxyl groups is 1. The molecule has 0 aromatic carbocycles. The zero-order valence-electron chi connectivity index (χ0n) is 11.2. The number of unbranched alkanes of at least 4 members (excludes halogenated alkanes) is 1. The van der Waals surface area contributed by atoms with Crippen LogP contribution in [0.3, 0.4) is 0 Å². The summed E-state index contributed by atoms with van der Waals surface area (Å²) >= 11 is 0. The van der Waals surface area contributed by atoms with E-state index < -0.39 is 5.60 Å². The Hall–Kier alpha value is -0.0800. The first-order valence-electron chi connectivity index (χ1n) is 6.92. The Balaban J connectivity index is 2.41. The summed E-state index contributed by atoms with van der Waals surface area (Å²) in [6.07, 6.45) is 9.98. The highest BCUT2D eigenvalue weighted by Gasteiger charge is 2.30. The Morgan fingerprint density at radius 1 is 1.25 bits per heavy atom. The van der Waals surface area contributed by atoms with Gasteiger partial charge < -0.3 is 9.84 Å². The van der Waals surface area contributed by atoms with E-state index in [1.54, 1.807) is 0 Å². The lowest BCUT2D eigenvalue weighted by Gasteiger charge is -2.34. The average molecular weight is 228 g/mol. The molecule has 1 saturated carbocycles. The van der Waals surface area contributed by atoms with Gasteiger partial charge in [0.15, 0.2) is 0 Å². The maximum absolute atomic E-state index is 10.1. The van der Waals surface area contributed by atoms with Crippen LogP contribution in [0.1, 0.15) is 72.1 Å². The predicted octanol–water partition coefficient (Wildman–Crippen LogP) is 3.67. The third kappa shape index (κ3) is 4.84. The number of ether oxygens (including phenoxy) is 1. The van der Waals surface area contributed by atoms with Gasteiger partial charge in [0.05, 0.1) is 17.8 Å². The summed E-state index contributed by atoms with van der Waals surface area (Å²) in [5.41, 5.74) is -0.702. The van der Waals surface area contributed by atoms with E-state index >= 15 is 0 Å². The highest BCUT2D eigenvalue weighted by molar-refractivity contribution is 4.80. The molecule has 1 rings (SSSR count). The van der Waals surface area contributed by atoms with Crippen molar-refractivity contribution >= 4 is 0 Å². The lowest BCUT2D eigenvalue weighted by Crippen LogP contribution is -2.41. The van der Waals surface area contributed by atoms with Crippen LogP contribution < -0.4 is 0 Å². The van der Waals surface area contributed by atoms with Crippen molar-refractivity contribution in [1.82, 2.24) is 0 Å². The Morgan fingerprint density at radius 2 is 1.88 bits per heavy atom. The predicted molar refractivity (Wildman–Crippen MR) is 67.6 cm³/mol. The van der Waals surface area contributed by atoms with Gasteiger partial charge in [-0.1, -0.05) is 39.0 Å². The van der Waals surface area contributed by atoms with E-state index in [2.05, 4.69) is 6.92 Å². The molecule has 0 aliphatic heterocycles. The Bertz CT molecular complexity index is 178. The van der Waals surface area contributed by atoms with E-state index in [0.29, 0.717) is 6.10 Å². The molecule has 0 aromatic rings. The number of hydrogen-bond donors (Lipinski definition) is 1. The van der Waals surface area contributed by atoms with Crippen molar-refractivity contribution < 1.29 is 9.84 Å². The van der Waals surface area contributed by atoms with Gasteiger partial charge in [0.25, 0.3) is 0 Å². The summed E-state index contributed by atoms with van der Waals surface area (Å²) in [6, 6.07) is 0. The molecule has 1 aliphatic rings. The van der Waals surface area contributed by atoms with Crippen molar-refractivity contribution in [2.24, 2.45) is 0 Å². The van der Waals surface area contributed by atoms with E-state index in [-0.39, 0.29) is 6.10 Å². The first-order chi connectivity index (χ1) is 7.54. The molecular weight excluding hydrogens is 200 g/mol. The summed E-state index contributed by atoms with van der Waals surface area (Å²) in [5.74, 6) is 0. The molecule has 1 N–H and O–H groups in total. The normalized spacial score (nSPS) is 21.0. The molecule has 1 unspecified atom stereocenters. The van der Waals surface area contributed by atoms with Crippen molar-refractivity contribution in [2.45, 2.75) is 89.9 Å². The van der Waals surface area contributed by atoms with Gasteiger partial charge in [-0.05, 0) is 33.1 Å². The van der Waals surface area contributed by atoms with E-state index in [1.807, 2.05) is 13.8 Å². The van der Waals surface area contributed by atoms with Crippen LogP contribution in [-0.4, -0.2) is 22.9 Å². The van der Waals surface area contributed by atoms with Crippen LogP contribution in [0, 0.1) is 0 Å². The van der Waals surface area contributed by atoms with Crippen molar-refractivity contribution in [2.75, 3.05) is 0 Å². The smallest absolute Gasteiger partial charge is 0.0860 e. The molecular formula is C14H28O2. The van der Waals surface area contributed by atoms with E-state index in [0.717, 1.165) is 12.8 Å². The van der Waals surface area contributed by atoms with Gasteiger partial charge in [-0.25, -0.2) is 0 Å². The second kappa shape index (κ2) is 6.61. The minimum absolute atomic E-state index is 0.00977. The van der Waals surface area contributed by atoms with E-state index in [9.17, 15) is 5.11 Å². The molecule has 16 heavy (non-hydrogen) atoms. The summed E-state index contributed by atoms with van der Waals surface area (Å²) < 4.78 is 6.11. The third-order valence-corrected chi connectivity index (χ3v) is 3.52. The molecule has 1 aliphatic carbocycles. The summed E-state index contributed by atoms with van der Waals surface area (Å²) in [6.45, 7) is 5.92. The van der Waals surface area contributed by atoms with Crippen LogP contribution in [0.2, 0.25) is 0 Å². The van der Waals surface area contributed by atoms with Crippen LogP contribution in [0.15, 0.2) is 0 Å². The minimum atomic E-state index is -0.702. The SMILES string of the molecule is CCCCC(OC1CCCCC1)C(C)(C)O. The first-order valence-corrected chi connectivity index (χ1v) is 6.92. The molecule has 0 spiro atoms. The molecule has 0 heterocycles. The zero-order chi connectivity index (χ0) is 12.0. The summed E-state index contributed by atoms with van der Waals surface area (Å²) in [4.78, 5) is 0. The van der Waals surface area contributed by atoms with E-state index in [1.165, 1.54) is 38.5 Å². The van der Waals surface area contributed by atoms with Crippen molar-refractivity contribution in [3.8, 4) is 0 Å². The average Bonchev–Trinajstić information content (AvgIpc) is 2.24. The molecule has 96 valence electrons. The third-order valence-electron chi connectivity index (χ3n) is 3.52. The van der Waals surface area contributed by atoms with Crippen LogP contribution in [0.4, 0.5) is 0 Å². The fraction of sp³-hybridized carbons (Fsp3) is 1.00. The van der Waals surface area contributed by atoms with Crippen LogP contribution in [0.25, 0.3) is 0 Å². The molecule has 0 saturated heterocycles. The lowest BCUT2D eigenvalue weighted by molar-refractivity contribution is -0.128. The molecule has 0 aromatic heterocycles. The van der Waals surface area contributed by atoms with Crippen LogP contribution in [0.5, 0.6) is 0 Å². The Kier molecular flexibility index (Phi) is 5.77. The Labute approximate surface area is 100 Å². The molecule has 0 radical (unpaired) electrons. The Morgan fingerprint density at radius 3 is 2.38 bits per heavy atom. The first kappa shape index (κ1) is 14.0. The van der Waals surface area contributed by atoms with Gasteiger partial charge in [0, 0.05) is 0 Å². The van der Waals surface area contributed by atoms with Gasteiger partial charge in [-0.2, -0.15) is 0 Å². The molecule has 2 heteroatoms. The zero-order valence-corrected chi connectivity index (χ0v) is 11.2. The highest BCUT2D eigenvalue weighted by Crippen LogP contribution is 2.26. The molecule has 0 amide bonds. The van der Waals surface area contributed by atoms with E-state index in [4.69, 9.17) is 4.74 Å². The fourth-order valence-corrected chi connectivity index (χ4v) is 2.41. The molecule has 1 atom stereocenters. The maximum Gasteiger partial charge on any atom is 0.0860 e. The summed E-state index contributed by atoms with van der Waals surface area (Å²) in [5, 5.41) is 10.1. The van der Waals surface area contributed by atoms with Gasteiger partial charge in [0.1, 0.15) is 0 Å². The highest BCUT2D eigenvalue weighted by atomic mass is 16.5. The van der Waals surface area contributed by atoms with Gasteiger partial charge in [0.2, 0.25) is 0 Å². The summed E-state index contributed by atoms with van der Waals surface area (Å²) in [7, 11) is 0. The van der Waals surface area contributed by atoms with Gasteiger partial charge in [-0.3, -0.25) is 0 Å². The van der Waals surface area contributed by atoms with Crippen LogP contribution >= 0.6 is 0 Å². The van der Waals surface area contributed by atoms with Crippen molar-refractivity contribution in [3.63, 3.8) is 0 Å². The monoisotopic (exact) mass is 228 g/mol. The minimum Gasteiger partial charge on any atom is -0.388 e. The topological polar surface area (TPSA) is 29.5 Å². The number of hydrogen-bond acceptors (Lipinski definition) is 2. The van der Waals surface area contributed by atoms with Crippen molar-refractivity contribution in [1.29, 1.82) is 0 Å². The maximum atomic E-state index is 10.1. The van der Waals surface area contributed by atoms with Gasteiger partial charge in [-0.15, -0.1) is 0 Å². The fourth-order valence-electron chi connectivity index (χ4n) is 2.41. The molecule has 0 bridgehead atoms. The largest absolute Gasteiger partial charge is 0.388 e. The lowest BCUT2D eigenvalue weighted by atomic mass is 9.94. The second-order valence-electron chi connectivity index (χ2n) is 5.68. The molecule has 2 nitrogen and oxygen atoms in total. The quantitative estimate of drug-likeness (QED) is 0.751. The van der Waals surface area contributed by atoms with Gasteiger partial charge >= 0.3 is 0 Å². The molecule has 1 fully saturated rings. The standard InChI is InChI=1S/C14H28O2/c1-4-5-11-13(14(2,3)15)16-12-9-7-6-8-10-12/h12-13,15H,4-11H2,1-3H3. The van der Waals surface area contributed by atoms with Crippen molar-refractivity contribution in [3.05, 3.63) is 0 Å². The number of rotatable bonds is 6. The second-order valence-corrected chi connectivity index (χ2v) is 5.68.